The van der Waals surface area contributed by atoms with E-state index in [2.05, 4.69) is 0 Å². The second kappa shape index (κ2) is 8.92. The predicted octanol–water partition coefficient (Wildman–Crippen LogP) is 0.946. The van der Waals surface area contributed by atoms with Gasteiger partial charge in [-0.15, -0.1) is 0 Å². The second-order valence-electron chi connectivity index (χ2n) is 7.46. The van der Waals surface area contributed by atoms with Gasteiger partial charge in [0.2, 0.25) is 0 Å². The highest BCUT2D eigenvalue weighted by atomic mass is 35.5. The Hall–Kier alpha value is -1.52. The van der Waals surface area contributed by atoms with E-state index >= 15 is 0 Å². The largest absolute Gasteiger partial charge is 0.491 e. The third kappa shape index (κ3) is 4.13. The zero-order valence-corrected chi connectivity index (χ0v) is 17.6. The van der Waals surface area contributed by atoms with Crippen molar-refractivity contribution < 1.29 is 34.1 Å². The fourth-order valence-electron chi connectivity index (χ4n) is 3.80. The smallest absolute Gasteiger partial charge is 0.135 e. The van der Waals surface area contributed by atoms with Crippen LogP contribution in [-0.2, 0) is 22.0 Å². The number of aliphatic hydroxyl groups is 4. The fraction of sp³-hybridized carbons (Fsp3) is 0.429. The van der Waals surface area contributed by atoms with Crippen LogP contribution in [0.2, 0.25) is 5.02 Å². The van der Waals surface area contributed by atoms with Gasteiger partial charge >= 0.3 is 0 Å². The van der Waals surface area contributed by atoms with Crippen molar-refractivity contribution in [3.63, 3.8) is 0 Å². The average Bonchev–Trinajstić information content (AvgIpc) is 2.75. The van der Waals surface area contributed by atoms with Crippen LogP contribution in [0.5, 0.6) is 5.75 Å². The molecule has 30 heavy (non-hydrogen) atoms. The van der Waals surface area contributed by atoms with Crippen LogP contribution in [0.3, 0.4) is 0 Å². The number of ether oxygens (including phenoxy) is 2. The highest BCUT2D eigenvalue weighted by Crippen LogP contribution is 2.35. The van der Waals surface area contributed by atoms with E-state index in [9.17, 15) is 24.6 Å². The van der Waals surface area contributed by atoms with Gasteiger partial charge in [-0.25, -0.2) is 0 Å². The Balaban J connectivity index is 1.61. The number of rotatable bonds is 4. The first-order valence-electron chi connectivity index (χ1n) is 9.62. The Kier molecular flexibility index (Phi) is 6.45. The van der Waals surface area contributed by atoms with Crippen molar-refractivity contribution >= 4 is 22.4 Å². The topological polar surface area (TPSA) is 116 Å². The third-order valence-corrected chi connectivity index (χ3v) is 7.18. The second-order valence-corrected chi connectivity index (χ2v) is 9.40. The SMILES string of the molecule is O=S1CCOc2ccc(Cc3cc(C4OC(CO)C(O)C(O)C4O)ccc3Cl)cc21. The van der Waals surface area contributed by atoms with E-state index in [0.717, 1.165) is 11.1 Å². The van der Waals surface area contributed by atoms with E-state index in [1.165, 1.54) is 0 Å². The normalized spacial score (nSPS) is 31.1. The van der Waals surface area contributed by atoms with E-state index in [0.29, 0.717) is 40.0 Å². The van der Waals surface area contributed by atoms with Crippen LogP contribution < -0.4 is 4.74 Å². The zero-order valence-electron chi connectivity index (χ0n) is 16.0. The van der Waals surface area contributed by atoms with Crippen molar-refractivity contribution in [2.45, 2.75) is 41.8 Å². The summed E-state index contributed by atoms with van der Waals surface area (Å²) in [5.41, 5.74) is 2.23. The summed E-state index contributed by atoms with van der Waals surface area (Å²) in [6.45, 7) is -0.0534. The first-order chi connectivity index (χ1) is 14.4. The van der Waals surface area contributed by atoms with Gasteiger partial charge in [0, 0.05) is 5.02 Å². The lowest BCUT2D eigenvalue weighted by Crippen LogP contribution is -2.55. The Morgan fingerprint density at radius 3 is 2.63 bits per heavy atom. The molecule has 1 saturated heterocycles. The molecule has 1 fully saturated rings. The van der Waals surface area contributed by atoms with Gasteiger partial charge in [0.15, 0.2) is 0 Å². The molecule has 2 aromatic carbocycles. The van der Waals surface area contributed by atoms with Crippen molar-refractivity contribution in [1.29, 1.82) is 0 Å². The first-order valence-corrected chi connectivity index (χ1v) is 11.3. The minimum atomic E-state index is -1.45. The van der Waals surface area contributed by atoms with E-state index in [1.807, 2.05) is 12.1 Å². The van der Waals surface area contributed by atoms with Crippen LogP contribution in [0.4, 0.5) is 0 Å². The van der Waals surface area contributed by atoms with Gasteiger partial charge in [-0.05, 0) is 41.3 Å². The number of halogens is 1. The summed E-state index contributed by atoms with van der Waals surface area (Å²) >= 11 is 6.38. The van der Waals surface area contributed by atoms with Crippen molar-refractivity contribution in [2.75, 3.05) is 19.0 Å². The molecule has 2 aromatic rings. The number of hydrogen-bond donors (Lipinski definition) is 4. The molecule has 0 saturated carbocycles. The Morgan fingerprint density at radius 1 is 1.07 bits per heavy atom. The van der Waals surface area contributed by atoms with Crippen molar-refractivity contribution in [3.05, 3.63) is 58.1 Å². The van der Waals surface area contributed by atoms with Gasteiger partial charge in [-0.3, -0.25) is 4.21 Å². The molecule has 9 heteroatoms. The molecule has 6 atom stereocenters. The standard InChI is InChI=1S/C21H23ClO7S/c22-14-3-2-12(21-20(26)19(25)18(24)16(10-23)29-21)9-13(14)7-11-1-4-15-17(8-11)30(27)6-5-28-15/h1-4,8-9,16,18-21,23-26H,5-7,10H2. The maximum Gasteiger partial charge on any atom is 0.135 e. The van der Waals surface area contributed by atoms with Crippen molar-refractivity contribution in [3.8, 4) is 5.75 Å². The molecule has 0 radical (unpaired) electrons. The summed E-state index contributed by atoms with van der Waals surface area (Å²) in [6, 6.07) is 10.7. The lowest BCUT2D eigenvalue weighted by atomic mass is 9.90. The lowest BCUT2D eigenvalue weighted by molar-refractivity contribution is -0.231. The third-order valence-electron chi connectivity index (χ3n) is 5.46. The van der Waals surface area contributed by atoms with Crippen LogP contribution in [-0.4, -0.2) is 68.0 Å². The molecule has 2 aliphatic rings. The van der Waals surface area contributed by atoms with Crippen LogP contribution in [0.1, 0.15) is 22.8 Å². The summed E-state index contributed by atoms with van der Waals surface area (Å²) in [5, 5.41) is 40.4. The molecule has 7 nitrogen and oxygen atoms in total. The van der Waals surface area contributed by atoms with E-state index in [4.69, 9.17) is 21.1 Å². The Bertz CT molecular complexity index is 951. The maximum absolute atomic E-state index is 12.3. The molecule has 0 bridgehead atoms. The lowest BCUT2D eigenvalue weighted by Gasteiger charge is -2.40. The van der Waals surface area contributed by atoms with E-state index < -0.39 is 47.9 Å². The van der Waals surface area contributed by atoms with Crippen LogP contribution in [0, 0.1) is 0 Å². The summed E-state index contributed by atoms with van der Waals surface area (Å²) in [7, 11) is -1.10. The predicted molar refractivity (Wildman–Crippen MR) is 110 cm³/mol. The maximum atomic E-state index is 12.3. The number of aliphatic hydroxyl groups excluding tert-OH is 4. The van der Waals surface area contributed by atoms with Gasteiger partial charge in [-0.2, -0.15) is 0 Å². The molecule has 2 heterocycles. The van der Waals surface area contributed by atoms with Gasteiger partial charge in [-0.1, -0.05) is 29.8 Å². The fourth-order valence-corrected chi connectivity index (χ4v) is 5.07. The number of fused-ring (bicyclic) bond motifs is 1. The Morgan fingerprint density at radius 2 is 1.87 bits per heavy atom. The van der Waals surface area contributed by atoms with Crippen LogP contribution in [0.25, 0.3) is 0 Å². The molecule has 4 N–H and O–H groups in total. The molecule has 0 aromatic heterocycles. The quantitative estimate of drug-likeness (QED) is 0.543. The molecule has 0 aliphatic carbocycles. The molecule has 2 aliphatic heterocycles. The number of benzene rings is 2. The minimum absolute atomic E-state index is 0.436. The van der Waals surface area contributed by atoms with Crippen LogP contribution in [0.15, 0.2) is 41.3 Å². The zero-order chi connectivity index (χ0) is 21.4. The molecular formula is C21H23ClO7S. The van der Waals surface area contributed by atoms with E-state index in [1.54, 1.807) is 24.3 Å². The summed E-state index contributed by atoms with van der Waals surface area (Å²) < 4.78 is 23.5. The molecule has 0 amide bonds. The highest BCUT2D eigenvalue weighted by molar-refractivity contribution is 7.85. The van der Waals surface area contributed by atoms with Crippen LogP contribution >= 0.6 is 11.6 Å². The van der Waals surface area contributed by atoms with Crippen molar-refractivity contribution in [2.24, 2.45) is 0 Å². The molecule has 0 spiro atoms. The summed E-state index contributed by atoms with van der Waals surface area (Å²) in [4.78, 5) is 0.667. The highest BCUT2D eigenvalue weighted by Gasteiger charge is 2.44. The minimum Gasteiger partial charge on any atom is -0.491 e. The summed E-state index contributed by atoms with van der Waals surface area (Å²) in [5.74, 6) is 1.09. The summed E-state index contributed by atoms with van der Waals surface area (Å²) in [6.07, 6.45) is -5.68. The number of hydrogen-bond acceptors (Lipinski definition) is 7. The van der Waals surface area contributed by atoms with Gasteiger partial charge in [0.25, 0.3) is 0 Å². The molecule has 4 rings (SSSR count). The molecular weight excluding hydrogens is 432 g/mol. The van der Waals surface area contributed by atoms with Gasteiger partial charge in [0.1, 0.15) is 42.9 Å². The van der Waals surface area contributed by atoms with Gasteiger partial charge < -0.3 is 29.9 Å². The van der Waals surface area contributed by atoms with Crippen molar-refractivity contribution in [1.82, 2.24) is 0 Å². The molecule has 162 valence electrons. The molecule has 6 unspecified atom stereocenters. The monoisotopic (exact) mass is 454 g/mol. The van der Waals surface area contributed by atoms with E-state index in [-0.39, 0.29) is 0 Å². The van der Waals surface area contributed by atoms with Gasteiger partial charge in [0.05, 0.1) is 28.1 Å². The average molecular weight is 455 g/mol. The first kappa shape index (κ1) is 21.7. The Labute approximate surface area is 181 Å².